The maximum Gasteiger partial charge on any atom is 0.305 e. The van der Waals surface area contributed by atoms with E-state index in [-0.39, 0.29) is 13.8 Å². The zero-order valence-electron chi connectivity index (χ0n) is 7.78. The van der Waals surface area contributed by atoms with Gasteiger partial charge in [-0.2, -0.15) is 0 Å². The number of aliphatic carboxylic acids is 1. The van der Waals surface area contributed by atoms with Gasteiger partial charge < -0.3 is 5.11 Å². The van der Waals surface area contributed by atoms with Crippen molar-refractivity contribution in [3.8, 4) is 0 Å². The van der Waals surface area contributed by atoms with Crippen LogP contribution in [-0.2, 0) is 10.3 Å². The van der Waals surface area contributed by atoms with Crippen LogP contribution in [0.4, 0.5) is 0 Å². The zero-order chi connectivity index (χ0) is 10.2. The average molecular weight is 225 g/mol. The molecule has 0 spiro atoms. The minimum atomic E-state index is -0.780. The van der Waals surface area contributed by atoms with Crippen molar-refractivity contribution >= 4 is 17.9 Å². The number of carboxylic acids is 1. The van der Waals surface area contributed by atoms with Gasteiger partial charge in [0.15, 0.2) is 0 Å². The van der Waals surface area contributed by atoms with Gasteiger partial charge in [-0.3, -0.25) is 4.79 Å². The zero-order valence-corrected chi connectivity index (χ0v) is 8.60. The van der Waals surface area contributed by atoms with Gasteiger partial charge in [0.25, 0.3) is 0 Å². The maximum atomic E-state index is 10.7. The van der Waals surface area contributed by atoms with Crippen LogP contribution in [0.25, 0.3) is 0 Å². The number of fused-ring (bicyclic) bond motifs is 1. The number of nitrogens with one attached hydrogen (secondary N) is 1. The van der Waals surface area contributed by atoms with Crippen molar-refractivity contribution in [2.45, 2.75) is 31.2 Å². The van der Waals surface area contributed by atoms with Crippen LogP contribution in [0, 0.1) is 0 Å². The summed E-state index contributed by atoms with van der Waals surface area (Å²) < 4.78 is 3.17. The number of benzene rings is 1. The van der Waals surface area contributed by atoms with Gasteiger partial charge in [-0.05, 0) is 30.5 Å². The minimum Gasteiger partial charge on any atom is -0.481 e. The van der Waals surface area contributed by atoms with Crippen LogP contribution in [0.15, 0.2) is 29.2 Å². The summed E-state index contributed by atoms with van der Waals surface area (Å²) in [5.41, 5.74) is 0.639. The molecule has 1 aliphatic rings. The van der Waals surface area contributed by atoms with Crippen LogP contribution in [0.1, 0.15) is 26.3 Å². The number of carboxylic acid groups (broad SMARTS) is 1. The summed E-state index contributed by atoms with van der Waals surface area (Å²) in [5.74, 6) is -0.780. The van der Waals surface area contributed by atoms with Crippen LogP contribution in [-0.4, -0.2) is 11.1 Å². The fourth-order valence-electron chi connectivity index (χ4n) is 1.67. The first-order valence-electron chi connectivity index (χ1n) is 4.37. The Hall–Kier alpha value is -1.00. The molecule has 0 aromatic heterocycles. The Morgan fingerprint density at radius 1 is 1.53 bits per heavy atom. The van der Waals surface area contributed by atoms with E-state index in [1.807, 2.05) is 31.2 Å². The third kappa shape index (κ3) is 2.16. The van der Waals surface area contributed by atoms with Gasteiger partial charge in [-0.25, -0.2) is 4.72 Å². The molecule has 1 aromatic rings. The molecule has 15 heavy (non-hydrogen) atoms. The van der Waals surface area contributed by atoms with E-state index in [2.05, 4.69) is 4.72 Å². The van der Waals surface area contributed by atoms with Gasteiger partial charge in [-0.15, -0.1) is 0 Å². The fourth-order valence-corrected chi connectivity index (χ4v) is 2.74. The SMILES string of the molecule is C.CC1(CC(=O)O)NSc2ccccc21. The summed E-state index contributed by atoms with van der Waals surface area (Å²) in [5, 5.41) is 8.82. The second-order valence-electron chi connectivity index (χ2n) is 3.60. The van der Waals surface area contributed by atoms with E-state index >= 15 is 0 Å². The van der Waals surface area contributed by atoms with Crippen LogP contribution >= 0.6 is 11.9 Å². The van der Waals surface area contributed by atoms with Gasteiger partial charge in [0.2, 0.25) is 0 Å². The molecule has 1 heterocycles. The smallest absolute Gasteiger partial charge is 0.305 e. The van der Waals surface area contributed by atoms with Gasteiger partial charge in [0, 0.05) is 4.90 Å². The third-order valence-electron chi connectivity index (χ3n) is 2.37. The minimum absolute atomic E-state index is 0. The van der Waals surface area contributed by atoms with Crippen LogP contribution in [0.5, 0.6) is 0 Å². The summed E-state index contributed by atoms with van der Waals surface area (Å²) in [6, 6.07) is 7.87. The van der Waals surface area contributed by atoms with Gasteiger partial charge in [0.1, 0.15) is 0 Å². The van der Waals surface area contributed by atoms with Crippen molar-refractivity contribution in [1.82, 2.24) is 4.72 Å². The Morgan fingerprint density at radius 2 is 2.20 bits per heavy atom. The molecule has 0 saturated heterocycles. The molecule has 0 saturated carbocycles. The highest BCUT2D eigenvalue weighted by Crippen LogP contribution is 2.40. The van der Waals surface area contributed by atoms with Crippen molar-refractivity contribution in [2.24, 2.45) is 0 Å². The lowest BCUT2D eigenvalue weighted by Crippen LogP contribution is -2.33. The summed E-state index contributed by atoms with van der Waals surface area (Å²) >= 11 is 1.50. The number of carbonyl (C=O) groups is 1. The molecule has 1 aliphatic heterocycles. The molecular formula is C11H15NO2S. The van der Waals surface area contributed by atoms with E-state index in [1.165, 1.54) is 11.9 Å². The molecule has 0 amide bonds. The van der Waals surface area contributed by atoms with Gasteiger partial charge in [-0.1, -0.05) is 25.6 Å². The molecule has 0 bridgehead atoms. The quantitative estimate of drug-likeness (QED) is 0.760. The predicted octanol–water partition coefficient (Wildman–Crippen LogP) is 2.62. The van der Waals surface area contributed by atoms with Crippen molar-refractivity contribution < 1.29 is 9.90 Å². The molecule has 0 fully saturated rings. The fraction of sp³-hybridized carbons (Fsp3) is 0.364. The first-order chi connectivity index (χ1) is 6.62. The van der Waals surface area contributed by atoms with Crippen LogP contribution < -0.4 is 4.72 Å². The van der Waals surface area contributed by atoms with Crippen molar-refractivity contribution in [3.05, 3.63) is 29.8 Å². The third-order valence-corrected chi connectivity index (χ3v) is 3.50. The molecule has 0 aliphatic carbocycles. The molecule has 82 valence electrons. The molecule has 1 aromatic carbocycles. The Labute approximate surface area is 94.0 Å². The molecule has 3 nitrogen and oxygen atoms in total. The number of hydrogen-bond acceptors (Lipinski definition) is 3. The Bertz CT molecular complexity index is 381. The second kappa shape index (κ2) is 4.24. The van der Waals surface area contributed by atoms with Crippen LogP contribution in [0.3, 0.4) is 0 Å². The Balaban J connectivity index is 0.00000112. The first-order valence-corrected chi connectivity index (χ1v) is 5.19. The van der Waals surface area contributed by atoms with Gasteiger partial charge >= 0.3 is 5.97 Å². The van der Waals surface area contributed by atoms with Crippen LogP contribution in [0.2, 0.25) is 0 Å². The topological polar surface area (TPSA) is 49.3 Å². The molecule has 2 N–H and O–H groups in total. The molecule has 2 rings (SSSR count). The standard InChI is InChI=1S/C10H11NO2S.CH4/c1-10(6-9(12)13)7-4-2-3-5-8(7)14-11-10;/h2-5,11H,6H2,1H3,(H,12,13);1H4. The second-order valence-corrected chi connectivity index (χ2v) is 4.45. The largest absolute Gasteiger partial charge is 0.481 e. The van der Waals surface area contributed by atoms with E-state index in [1.54, 1.807) is 0 Å². The highest BCUT2D eigenvalue weighted by atomic mass is 32.2. The number of rotatable bonds is 2. The summed E-state index contributed by atoms with van der Waals surface area (Å²) in [6.45, 7) is 1.92. The Morgan fingerprint density at radius 3 is 2.87 bits per heavy atom. The lowest BCUT2D eigenvalue weighted by Gasteiger charge is -2.22. The molecule has 4 heteroatoms. The van der Waals surface area contributed by atoms with Crippen molar-refractivity contribution in [1.29, 1.82) is 0 Å². The van der Waals surface area contributed by atoms with Crippen molar-refractivity contribution in [3.63, 3.8) is 0 Å². The lowest BCUT2D eigenvalue weighted by atomic mass is 9.90. The van der Waals surface area contributed by atoms with E-state index in [0.717, 1.165) is 10.5 Å². The van der Waals surface area contributed by atoms with E-state index in [9.17, 15) is 4.79 Å². The van der Waals surface area contributed by atoms with Gasteiger partial charge in [0.05, 0.1) is 12.0 Å². The van der Waals surface area contributed by atoms with Crippen molar-refractivity contribution in [2.75, 3.05) is 0 Å². The highest BCUT2D eigenvalue weighted by Gasteiger charge is 2.36. The highest BCUT2D eigenvalue weighted by molar-refractivity contribution is 7.97. The maximum absolute atomic E-state index is 10.7. The van der Waals surface area contributed by atoms with E-state index in [4.69, 9.17) is 5.11 Å². The van der Waals surface area contributed by atoms with E-state index < -0.39 is 11.5 Å². The van der Waals surface area contributed by atoms with E-state index in [0.29, 0.717) is 0 Å². The molecule has 1 atom stereocenters. The molecular weight excluding hydrogens is 210 g/mol. The number of hydrogen-bond donors (Lipinski definition) is 2. The molecule has 0 radical (unpaired) electrons. The normalized spacial score (nSPS) is 23.0. The summed E-state index contributed by atoms with van der Waals surface area (Å²) in [6.07, 6.45) is 0.108. The Kier molecular flexibility index (Phi) is 3.42. The lowest BCUT2D eigenvalue weighted by molar-refractivity contribution is -0.138. The average Bonchev–Trinajstić information content (AvgIpc) is 2.44. The monoisotopic (exact) mass is 225 g/mol. The first kappa shape index (κ1) is 12.1. The molecule has 1 unspecified atom stereocenters. The summed E-state index contributed by atoms with van der Waals surface area (Å²) in [4.78, 5) is 11.8. The summed E-state index contributed by atoms with van der Waals surface area (Å²) in [7, 11) is 0. The predicted molar refractivity (Wildman–Crippen MR) is 61.8 cm³/mol.